The van der Waals surface area contributed by atoms with Crippen LogP contribution in [-0.2, 0) is 16.0 Å². The summed E-state index contributed by atoms with van der Waals surface area (Å²) in [4.78, 5) is 24.2. The molecule has 1 saturated carbocycles. The largest absolute Gasteiger partial charge is 0.326 e. The Hall–Kier alpha value is -3.14. The third-order valence-electron chi connectivity index (χ3n) is 4.62. The second-order valence-corrected chi connectivity index (χ2v) is 6.70. The van der Waals surface area contributed by atoms with E-state index >= 15 is 0 Å². The third-order valence-corrected chi connectivity index (χ3v) is 4.62. The fourth-order valence-corrected chi connectivity index (χ4v) is 3.05. The van der Waals surface area contributed by atoms with Gasteiger partial charge in [-0.15, -0.1) is 0 Å². The molecule has 130 valence electrons. The number of hydrogen-bond acceptors (Lipinski definition) is 2. The number of fused-ring (bicyclic) bond motifs is 1. The molecule has 3 aromatic rings. The number of rotatable bonds is 5. The lowest BCUT2D eigenvalue weighted by molar-refractivity contribution is -0.117. The number of amides is 2. The molecular formula is C22H20N2O2. The van der Waals surface area contributed by atoms with Gasteiger partial charge in [-0.3, -0.25) is 9.59 Å². The quantitative estimate of drug-likeness (QED) is 0.722. The highest BCUT2D eigenvalue weighted by molar-refractivity contribution is 5.97. The van der Waals surface area contributed by atoms with Crippen molar-refractivity contribution < 1.29 is 9.59 Å². The van der Waals surface area contributed by atoms with Gasteiger partial charge in [0, 0.05) is 17.3 Å². The number of benzene rings is 3. The van der Waals surface area contributed by atoms with Gasteiger partial charge < -0.3 is 10.6 Å². The Bertz CT molecular complexity index is 954. The van der Waals surface area contributed by atoms with Crippen LogP contribution in [0.15, 0.2) is 66.7 Å². The summed E-state index contributed by atoms with van der Waals surface area (Å²) in [6, 6.07) is 21.3. The van der Waals surface area contributed by atoms with Crippen LogP contribution in [0.3, 0.4) is 0 Å². The normalized spacial score (nSPS) is 13.4. The molecule has 0 radical (unpaired) electrons. The van der Waals surface area contributed by atoms with Crippen molar-refractivity contribution in [2.75, 3.05) is 10.6 Å². The van der Waals surface area contributed by atoms with Crippen molar-refractivity contribution in [3.8, 4) is 0 Å². The molecule has 0 unspecified atom stereocenters. The van der Waals surface area contributed by atoms with Crippen LogP contribution in [0.25, 0.3) is 10.8 Å². The van der Waals surface area contributed by atoms with Crippen molar-refractivity contribution in [3.63, 3.8) is 0 Å². The SMILES string of the molecule is O=C(Cc1cccc2ccccc12)Nc1ccc(NC(=O)C2CC2)cc1. The molecule has 2 N–H and O–H groups in total. The Morgan fingerprint density at radius 3 is 2.19 bits per heavy atom. The summed E-state index contributed by atoms with van der Waals surface area (Å²) in [7, 11) is 0. The molecule has 4 heteroatoms. The average Bonchev–Trinajstić information content (AvgIpc) is 3.49. The van der Waals surface area contributed by atoms with Crippen LogP contribution < -0.4 is 10.6 Å². The highest BCUT2D eigenvalue weighted by Crippen LogP contribution is 2.30. The molecule has 0 aromatic heterocycles. The van der Waals surface area contributed by atoms with Gasteiger partial charge in [0.1, 0.15) is 0 Å². The smallest absolute Gasteiger partial charge is 0.228 e. The second kappa shape index (κ2) is 7.00. The predicted octanol–water partition coefficient (Wildman–Crippen LogP) is 4.37. The summed E-state index contributed by atoms with van der Waals surface area (Å²) in [6.45, 7) is 0. The Kier molecular flexibility index (Phi) is 4.40. The van der Waals surface area contributed by atoms with Crippen molar-refractivity contribution in [1.29, 1.82) is 0 Å². The monoisotopic (exact) mass is 344 g/mol. The van der Waals surface area contributed by atoms with E-state index in [2.05, 4.69) is 10.6 Å². The summed E-state index contributed by atoms with van der Waals surface area (Å²) in [5.41, 5.74) is 2.49. The minimum absolute atomic E-state index is 0.0591. The van der Waals surface area contributed by atoms with Gasteiger partial charge in [-0.05, 0) is 53.4 Å². The van der Waals surface area contributed by atoms with E-state index in [4.69, 9.17) is 0 Å². The maximum atomic E-state index is 12.4. The number of nitrogens with one attached hydrogen (secondary N) is 2. The fraction of sp³-hybridized carbons (Fsp3) is 0.182. The van der Waals surface area contributed by atoms with Crippen molar-refractivity contribution in [1.82, 2.24) is 0 Å². The highest BCUT2D eigenvalue weighted by atomic mass is 16.2. The molecule has 1 aliphatic rings. The lowest BCUT2D eigenvalue weighted by Gasteiger charge is -2.09. The molecule has 1 aliphatic carbocycles. The number of carbonyl (C=O) groups excluding carboxylic acids is 2. The Balaban J connectivity index is 1.40. The van der Waals surface area contributed by atoms with Crippen LogP contribution in [0.2, 0.25) is 0 Å². The molecule has 26 heavy (non-hydrogen) atoms. The molecule has 3 aromatic carbocycles. The molecule has 4 rings (SSSR count). The summed E-state index contributed by atoms with van der Waals surface area (Å²) >= 11 is 0. The predicted molar refractivity (Wildman–Crippen MR) is 104 cm³/mol. The van der Waals surface area contributed by atoms with Crippen molar-refractivity contribution in [2.45, 2.75) is 19.3 Å². The van der Waals surface area contributed by atoms with Crippen LogP contribution >= 0.6 is 0 Å². The lowest BCUT2D eigenvalue weighted by atomic mass is 10.0. The minimum Gasteiger partial charge on any atom is -0.326 e. The van der Waals surface area contributed by atoms with Gasteiger partial charge in [-0.1, -0.05) is 42.5 Å². The van der Waals surface area contributed by atoms with Gasteiger partial charge in [0.2, 0.25) is 11.8 Å². The molecule has 0 heterocycles. The van der Waals surface area contributed by atoms with Crippen molar-refractivity contribution in [3.05, 3.63) is 72.3 Å². The molecule has 0 atom stereocenters. The molecule has 1 fully saturated rings. The Labute approximate surface area is 152 Å². The van der Waals surface area contributed by atoms with E-state index in [9.17, 15) is 9.59 Å². The molecule has 0 aliphatic heterocycles. The van der Waals surface area contributed by atoms with Gasteiger partial charge in [-0.2, -0.15) is 0 Å². The maximum Gasteiger partial charge on any atom is 0.228 e. The van der Waals surface area contributed by atoms with E-state index < -0.39 is 0 Å². The molecule has 2 amide bonds. The topological polar surface area (TPSA) is 58.2 Å². The Morgan fingerprint density at radius 2 is 1.46 bits per heavy atom. The first-order valence-corrected chi connectivity index (χ1v) is 8.86. The first-order chi connectivity index (χ1) is 12.7. The standard InChI is InChI=1S/C22H20N2O2/c25-21(14-17-6-3-5-15-4-1-2-7-20(15)17)23-18-10-12-19(13-11-18)24-22(26)16-8-9-16/h1-7,10-13,16H,8-9,14H2,(H,23,25)(H,24,26). The minimum atomic E-state index is -0.0591. The molecule has 0 spiro atoms. The fourth-order valence-electron chi connectivity index (χ4n) is 3.05. The first kappa shape index (κ1) is 16.3. The van der Waals surface area contributed by atoms with E-state index in [1.54, 1.807) is 0 Å². The molecular weight excluding hydrogens is 324 g/mol. The zero-order valence-corrected chi connectivity index (χ0v) is 14.4. The van der Waals surface area contributed by atoms with Gasteiger partial charge in [0.25, 0.3) is 0 Å². The van der Waals surface area contributed by atoms with E-state index in [1.165, 1.54) is 0 Å². The van der Waals surface area contributed by atoms with Gasteiger partial charge in [0.05, 0.1) is 6.42 Å². The summed E-state index contributed by atoms with van der Waals surface area (Å²) in [5, 5.41) is 8.05. The van der Waals surface area contributed by atoms with Crippen molar-refractivity contribution >= 4 is 34.0 Å². The van der Waals surface area contributed by atoms with Crippen LogP contribution in [0.4, 0.5) is 11.4 Å². The van der Waals surface area contributed by atoms with Crippen LogP contribution in [-0.4, -0.2) is 11.8 Å². The molecule has 0 bridgehead atoms. The average molecular weight is 344 g/mol. The van der Waals surface area contributed by atoms with Crippen molar-refractivity contribution in [2.24, 2.45) is 5.92 Å². The van der Waals surface area contributed by atoms with E-state index in [1.807, 2.05) is 66.7 Å². The summed E-state index contributed by atoms with van der Waals surface area (Å²) in [5.74, 6) is 0.198. The maximum absolute atomic E-state index is 12.4. The lowest BCUT2D eigenvalue weighted by Crippen LogP contribution is -2.15. The Morgan fingerprint density at radius 1 is 0.808 bits per heavy atom. The number of carbonyl (C=O) groups is 2. The van der Waals surface area contributed by atoms with Crippen LogP contribution in [0.1, 0.15) is 18.4 Å². The van der Waals surface area contributed by atoms with Gasteiger partial charge in [0.15, 0.2) is 0 Å². The summed E-state index contributed by atoms with van der Waals surface area (Å²) < 4.78 is 0. The summed E-state index contributed by atoms with van der Waals surface area (Å²) in [6.07, 6.45) is 2.28. The molecule has 0 saturated heterocycles. The molecule has 4 nitrogen and oxygen atoms in total. The highest BCUT2D eigenvalue weighted by Gasteiger charge is 2.29. The first-order valence-electron chi connectivity index (χ1n) is 8.86. The van der Waals surface area contributed by atoms with E-state index in [0.29, 0.717) is 6.42 Å². The van der Waals surface area contributed by atoms with E-state index in [0.717, 1.165) is 40.6 Å². The third kappa shape index (κ3) is 3.75. The number of hydrogen-bond donors (Lipinski definition) is 2. The van der Waals surface area contributed by atoms with Gasteiger partial charge >= 0.3 is 0 Å². The second-order valence-electron chi connectivity index (χ2n) is 6.70. The zero-order chi connectivity index (χ0) is 17.9. The van der Waals surface area contributed by atoms with Crippen LogP contribution in [0.5, 0.6) is 0 Å². The number of anilines is 2. The van der Waals surface area contributed by atoms with E-state index in [-0.39, 0.29) is 17.7 Å². The van der Waals surface area contributed by atoms with Crippen LogP contribution in [0, 0.1) is 5.92 Å². The van der Waals surface area contributed by atoms with Gasteiger partial charge in [-0.25, -0.2) is 0 Å². The zero-order valence-electron chi connectivity index (χ0n) is 14.4.